The number of carboxylic acid groups (broad SMARTS) is 2. The Morgan fingerprint density at radius 1 is 1.35 bits per heavy atom. The Bertz CT molecular complexity index is 269. The minimum atomic E-state index is -0.935. The van der Waals surface area contributed by atoms with E-state index in [1.807, 2.05) is 0 Å². The van der Waals surface area contributed by atoms with Crippen LogP contribution < -0.4 is 5.73 Å². The van der Waals surface area contributed by atoms with Gasteiger partial charge >= 0.3 is 11.9 Å². The zero-order chi connectivity index (χ0) is 13.6. The SMILES string of the molecule is CC(C)C(N)C(=O)O.O=C(O)C1CCCN1O. The number of nitrogens with two attached hydrogens (primary N) is 1. The molecule has 0 aromatic carbocycles. The summed E-state index contributed by atoms with van der Waals surface area (Å²) in [5.41, 5.74) is 5.16. The second-order valence-electron chi connectivity index (χ2n) is 4.27. The van der Waals surface area contributed by atoms with Crippen LogP contribution in [0.5, 0.6) is 0 Å². The highest BCUT2D eigenvalue weighted by Crippen LogP contribution is 2.13. The van der Waals surface area contributed by atoms with Gasteiger partial charge in [-0.25, -0.2) is 0 Å². The van der Waals surface area contributed by atoms with Crippen LogP contribution in [0, 0.1) is 5.92 Å². The van der Waals surface area contributed by atoms with Crippen molar-refractivity contribution in [3.63, 3.8) is 0 Å². The molecule has 100 valence electrons. The van der Waals surface area contributed by atoms with Crippen LogP contribution in [0.1, 0.15) is 26.7 Å². The van der Waals surface area contributed by atoms with E-state index in [0.29, 0.717) is 13.0 Å². The standard InChI is InChI=1S/C5H9NO3.C5H11NO2/c7-5(8)4-2-1-3-6(4)9;1-3(2)4(6)5(7)8/h4,9H,1-3H2,(H,7,8);3-4H,6H2,1-2H3,(H,7,8). The third kappa shape index (κ3) is 5.62. The molecule has 1 fully saturated rings. The second kappa shape index (κ2) is 7.21. The van der Waals surface area contributed by atoms with Gasteiger partial charge in [0.2, 0.25) is 0 Å². The van der Waals surface area contributed by atoms with Crippen LogP contribution >= 0.6 is 0 Å². The lowest BCUT2D eigenvalue weighted by Crippen LogP contribution is -2.34. The monoisotopic (exact) mass is 248 g/mol. The molecule has 0 aliphatic carbocycles. The van der Waals surface area contributed by atoms with Crippen LogP contribution in [0.3, 0.4) is 0 Å². The molecular formula is C10H20N2O5. The Morgan fingerprint density at radius 3 is 2.00 bits per heavy atom. The highest BCUT2D eigenvalue weighted by molar-refractivity contribution is 5.73. The summed E-state index contributed by atoms with van der Waals surface area (Å²) in [6.45, 7) is 4.04. The van der Waals surface area contributed by atoms with E-state index in [4.69, 9.17) is 21.2 Å². The van der Waals surface area contributed by atoms with E-state index in [9.17, 15) is 9.59 Å². The number of carboxylic acids is 2. The van der Waals surface area contributed by atoms with Gasteiger partial charge in [0, 0.05) is 6.54 Å². The Kier molecular flexibility index (Phi) is 6.71. The number of hydroxylamine groups is 2. The zero-order valence-electron chi connectivity index (χ0n) is 10.0. The van der Waals surface area contributed by atoms with Crippen LogP contribution in [0.4, 0.5) is 0 Å². The summed E-state index contributed by atoms with van der Waals surface area (Å²) in [5.74, 6) is -1.84. The van der Waals surface area contributed by atoms with E-state index in [1.54, 1.807) is 13.8 Å². The van der Waals surface area contributed by atoms with Crippen molar-refractivity contribution in [1.82, 2.24) is 5.06 Å². The second-order valence-corrected chi connectivity index (χ2v) is 4.27. The predicted octanol–water partition coefficient (Wildman–Crippen LogP) is -0.0211. The number of hydrogen-bond donors (Lipinski definition) is 4. The molecule has 0 aromatic heterocycles. The van der Waals surface area contributed by atoms with Crippen LogP contribution in [0.25, 0.3) is 0 Å². The molecule has 0 saturated carbocycles. The molecule has 1 rings (SSSR count). The summed E-state index contributed by atoms with van der Waals surface area (Å²) in [4.78, 5) is 20.2. The first-order valence-corrected chi connectivity index (χ1v) is 5.44. The van der Waals surface area contributed by atoms with Crippen molar-refractivity contribution >= 4 is 11.9 Å². The number of nitrogens with zero attached hydrogens (tertiary/aromatic N) is 1. The van der Waals surface area contributed by atoms with E-state index in [2.05, 4.69) is 0 Å². The average molecular weight is 248 g/mol. The molecule has 1 saturated heterocycles. The minimum absolute atomic E-state index is 0.0208. The van der Waals surface area contributed by atoms with Gasteiger partial charge in [0.25, 0.3) is 0 Å². The molecule has 2 unspecified atom stereocenters. The summed E-state index contributed by atoms with van der Waals surface area (Å²) < 4.78 is 0. The van der Waals surface area contributed by atoms with E-state index in [0.717, 1.165) is 11.5 Å². The molecule has 0 spiro atoms. The normalized spacial score (nSPS) is 21.8. The molecular weight excluding hydrogens is 228 g/mol. The van der Waals surface area contributed by atoms with Gasteiger partial charge in [0.1, 0.15) is 12.1 Å². The molecule has 17 heavy (non-hydrogen) atoms. The molecule has 0 amide bonds. The van der Waals surface area contributed by atoms with Gasteiger partial charge in [-0.1, -0.05) is 13.8 Å². The number of aliphatic carboxylic acids is 2. The first-order chi connectivity index (χ1) is 7.77. The quantitative estimate of drug-likeness (QED) is 0.553. The largest absolute Gasteiger partial charge is 0.480 e. The van der Waals surface area contributed by atoms with Crippen molar-refractivity contribution in [1.29, 1.82) is 0 Å². The van der Waals surface area contributed by atoms with Crippen LogP contribution in [0.2, 0.25) is 0 Å². The van der Waals surface area contributed by atoms with Crippen LogP contribution in [0.15, 0.2) is 0 Å². The third-order valence-electron chi connectivity index (χ3n) is 2.51. The maximum Gasteiger partial charge on any atom is 0.323 e. The van der Waals surface area contributed by atoms with Crippen molar-refractivity contribution in [2.45, 2.75) is 38.8 Å². The lowest BCUT2D eigenvalue weighted by molar-refractivity contribution is -0.161. The highest BCUT2D eigenvalue weighted by Gasteiger charge is 2.28. The average Bonchev–Trinajstić information content (AvgIpc) is 2.64. The van der Waals surface area contributed by atoms with Crippen molar-refractivity contribution < 1.29 is 25.0 Å². The fourth-order valence-electron chi connectivity index (χ4n) is 1.29. The summed E-state index contributed by atoms with van der Waals surface area (Å²) in [6.07, 6.45) is 1.33. The number of hydrogen-bond acceptors (Lipinski definition) is 5. The van der Waals surface area contributed by atoms with Crippen LogP contribution in [-0.4, -0.2) is 51.1 Å². The summed E-state index contributed by atoms with van der Waals surface area (Å²) in [6, 6.07) is -1.38. The number of rotatable bonds is 3. The maximum absolute atomic E-state index is 10.2. The molecule has 7 nitrogen and oxygen atoms in total. The van der Waals surface area contributed by atoms with Gasteiger partial charge in [-0.2, -0.15) is 5.06 Å². The van der Waals surface area contributed by atoms with Crippen molar-refractivity contribution in [2.24, 2.45) is 11.7 Å². The lowest BCUT2D eigenvalue weighted by atomic mass is 10.1. The predicted molar refractivity (Wildman–Crippen MR) is 59.6 cm³/mol. The first kappa shape index (κ1) is 15.8. The maximum atomic E-state index is 10.2. The van der Waals surface area contributed by atoms with Crippen LogP contribution in [-0.2, 0) is 9.59 Å². The van der Waals surface area contributed by atoms with Gasteiger partial charge in [-0.15, -0.1) is 0 Å². The van der Waals surface area contributed by atoms with Gasteiger partial charge in [0.05, 0.1) is 0 Å². The fourth-order valence-corrected chi connectivity index (χ4v) is 1.29. The molecule has 1 aliphatic heterocycles. The first-order valence-electron chi connectivity index (χ1n) is 5.44. The number of carbonyl (C=O) groups is 2. The molecule has 0 radical (unpaired) electrons. The Balaban J connectivity index is 0.000000304. The van der Waals surface area contributed by atoms with Gasteiger partial charge in [-0.3, -0.25) is 9.59 Å². The molecule has 1 aliphatic rings. The summed E-state index contributed by atoms with van der Waals surface area (Å²) in [7, 11) is 0. The topological polar surface area (TPSA) is 124 Å². The fraction of sp³-hybridized carbons (Fsp3) is 0.800. The Hall–Kier alpha value is -1.18. The Morgan fingerprint density at radius 2 is 1.88 bits per heavy atom. The van der Waals surface area contributed by atoms with E-state index in [-0.39, 0.29) is 5.92 Å². The van der Waals surface area contributed by atoms with E-state index < -0.39 is 24.0 Å². The van der Waals surface area contributed by atoms with Crippen molar-refractivity contribution in [3.05, 3.63) is 0 Å². The van der Waals surface area contributed by atoms with E-state index >= 15 is 0 Å². The minimum Gasteiger partial charge on any atom is -0.480 e. The summed E-state index contributed by atoms with van der Waals surface area (Å²) >= 11 is 0. The van der Waals surface area contributed by atoms with E-state index in [1.165, 1.54) is 0 Å². The Labute approximate surface area is 99.8 Å². The molecule has 0 aromatic rings. The smallest absolute Gasteiger partial charge is 0.323 e. The molecule has 0 bridgehead atoms. The van der Waals surface area contributed by atoms with Gasteiger partial charge in [-0.05, 0) is 18.8 Å². The van der Waals surface area contributed by atoms with Crippen molar-refractivity contribution in [3.8, 4) is 0 Å². The molecule has 1 heterocycles. The summed E-state index contributed by atoms with van der Waals surface area (Å²) in [5, 5.41) is 26.3. The van der Waals surface area contributed by atoms with Gasteiger partial charge < -0.3 is 21.2 Å². The molecule has 2 atom stereocenters. The van der Waals surface area contributed by atoms with Crippen molar-refractivity contribution in [2.75, 3.05) is 6.54 Å². The lowest BCUT2D eigenvalue weighted by Gasteiger charge is -2.11. The zero-order valence-corrected chi connectivity index (χ0v) is 10.0. The third-order valence-corrected chi connectivity index (χ3v) is 2.51. The van der Waals surface area contributed by atoms with Gasteiger partial charge in [0.15, 0.2) is 0 Å². The molecule has 5 N–H and O–H groups in total. The highest BCUT2D eigenvalue weighted by atomic mass is 16.5. The molecule has 7 heteroatoms.